The maximum absolute atomic E-state index is 14.1. The average Bonchev–Trinajstić information content (AvgIpc) is 2.73. The van der Waals surface area contributed by atoms with E-state index in [1.807, 2.05) is 0 Å². The van der Waals surface area contributed by atoms with E-state index in [4.69, 9.17) is 9.47 Å². The molecule has 0 atom stereocenters. The van der Waals surface area contributed by atoms with E-state index >= 15 is 0 Å². The lowest BCUT2D eigenvalue weighted by Crippen LogP contribution is -2.29. The van der Waals surface area contributed by atoms with Gasteiger partial charge in [0.05, 0.1) is 6.10 Å². The summed E-state index contributed by atoms with van der Waals surface area (Å²) in [7, 11) is 0. The van der Waals surface area contributed by atoms with Crippen molar-refractivity contribution in [3.05, 3.63) is 47.8 Å². The predicted octanol–water partition coefficient (Wildman–Crippen LogP) is 5.64. The van der Waals surface area contributed by atoms with Gasteiger partial charge in [-0.05, 0) is 80.8 Å². The van der Waals surface area contributed by atoms with E-state index in [2.05, 4.69) is 6.58 Å². The molecule has 0 heterocycles. The van der Waals surface area contributed by atoms with E-state index < -0.39 is 23.4 Å². The molecule has 0 amide bonds. The molecule has 2 aliphatic carbocycles. The standard InChI is InChI=1S/C22H27F3O3/c1-2-20(26)28-13-27-17-9-7-15(8-10-17)14-3-5-16(6-4-14)18-11-12-19(23)22(25)21(18)24/h2,11-12,14-17H,1,3-10,13H2. The van der Waals surface area contributed by atoms with Gasteiger partial charge in [-0.2, -0.15) is 0 Å². The Hall–Kier alpha value is -1.82. The zero-order chi connectivity index (χ0) is 20.1. The number of benzene rings is 1. The van der Waals surface area contributed by atoms with Gasteiger partial charge < -0.3 is 9.47 Å². The molecule has 0 saturated heterocycles. The summed E-state index contributed by atoms with van der Waals surface area (Å²) in [6.07, 6.45) is 8.81. The van der Waals surface area contributed by atoms with Gasteiger partial charge in [-0.15, -0.1) is 0 Å². The minimum Gasteiger partial charge on any atom is -0.435 e. The van der Waals surface area contributed by atoms with Crippen LogP contribution in [0, 0.1) is 29.3 Å². The van der Waals surface area contributed by atoms with Crippen LogP contribution in [-0.4, -0.2) is 18.9 Å². The van der Waals surface area contributed by atoms with Gasteiger partial charge in [0.15, 0.2) is 24.2 Å². The Morgan fingerprint density at radius 1 is 0.964 bits per heavy atom. The van der Waals surface area contributed by atoms with Gasteiger partial charge in [0.2, 0.25) is 0 Å². The first kappa shape index (κ1) is 20.9. The summed E-state index contributed by atoms with van der Waals surface area (Å²) >= 11 is 0. The highest BCUT2D eigenvalue weighted by atomic mass is 19.2. The summed E-state index contributed by atoms with van der Waals surface area (Å²) in [5, 5.41) is 0. The highest BCUT2D eigenvalue weighted by molar-refractivity contribution is 5.81. The van der Waals surface area contributed by atoms with Crippen LogP contribution in [0.5, 0.6) is 0 Å². The van der Waals surface area contributed by atoms with Gasteiger partial charge in [-0.1, -0.05) is 12.6 Å². The topological polar surface area (TPSA) is 35.5 Å². The van der Waals surface area contributed by atoms with Crippen molar-refractivity contribution in [3.63, 3.8) is 0 Å². The van der Waals surface area contributed by atoms with Crippen LogP contribution >= 0.6 is 0 Å². The Morgan fingerprint density at radius 2 is 1.57 bits per heavy atom. The van der Waals surface area contributed by atoms with E-state index in [0.717, 1.165) is 63.5 Å². The van der Waals surface area contributed by atoms with Crippen molar-refractivity contribution in [1.29, 1.82) is 0 Å². The SMILES string of the molecule is C=CC(=O)OCOC1CCC(C2CCC(c3ccc(F)c(F)c3F)CC2)CC1. The van der Waals surface area contributed by atoms with Crippen molar-refractivity contribution in [3.8, 4) is 0 Å². The highest BCUT2D eigenvalue weighted by Crippen LogP contribution is 2.44. The monoisotopic (exact) mass is 396 g/mol. The Balaban J connectivity index is 1.43. The fourth-order valence-corrected chi connectivity index (χ4v) is 4.73. The highest BCUT2D eigenvalue weighted by Gasteiger charge is 2.32. The van der Waals surface area contributed by atoms with E-state index in [0.29, 0.717) is 17.4 Å². The first-order chi connectivity index (χ1) is 13.5. The third-order valence-electron chi connectivity index (χ3n) is 6.33. The molecule has 2 aliphatic rings. The molecule has 6 heteroatoms. The van der Waals surface area contributed by atoms with Crippen LogP contribution in [0.2, 0.25) is 0 Å². The van der Waals surface area contributed by atoms with Crippen molar-refractivity contribution < 1.29 is 27.4 Å². The Bertz CT molecular complexity index is 691. The van der Waals surface area contributed by atoms with Gasteiger partial charge >= 0.3 is 5.97 Å². The maximum atomic E-state index is 14.1. The number of hydrogen-bond acceptors (Lipinski definition) is 3. The van der Waals surface area contributed by atoms with Crippen molar-refractivity contribution in [2.75, 3.05) is 6.79 Å². The molecule has 0 bridgehead atoms. The van der Waals surface area contributed by atoms with Crippen LogP contribution in [0.4, 0.5) is 13.2 Å². The number of ether oxygens (including phenoxy) is 2. The van der Waals surface area contributed by atoms with E-state index in [-0.39, 0.29) is 18.8 Å². The molecule has 1 aromatic carbocycles. The number of halogens is 3. The van der Waals surface area contributed by atoms with Gasteiger partial charge in [-0.25, -0.2) is 18.0 Å². The van der Waals surface area contributed by atoms with Crippen LogP contribution in [0.15, 0.2) is 24.8 Å². The zero-order valence-electron chi connectivity index (χ0n) is 16.0. The molecule has 0 N–H and O–H groups in total. The summed E-state index contributed by atoms with van der Waals surface area (Å²) in [6, 6.07) is 2.41. The molecule has 154 valence electrons. The number of rotatable bonds is 6. The van der Waals surface area contributed by atoms with Crippen LogP contribution in [0.25, 0.3) is 0 Å². The molecule has 1 aromatic rings. The second kappa shape index (κ2) is 9.59. The van der Waals surface area contributed by atoms with Crippen LogP contribution in [0.3, 0.4) is 0 Å². The number of esters is 1. The summed E-state index contributed by atoms with van der Waals surface area (Å²) in [5.74, 6) is -2.84. The van der Waals surface area contributed by atoms with Crippen LogP contribution in [0.1, 0.15) is 62.8 Å². The maximum Gasteiger partial charge on any atom is 0.332 e. The molecular formula is C22H27F3O3. The Kier molecular flexibility index (Phi) is 7.16. The smallest absolute Gasteiger partial charge is 0.332 e. The van der Waals surface area contributed by atoms with Crippen molar-refractivity contribution >= 4 is 5.97 Å². The number of carbonyl (C=O) groups is 1. The van der Waals surface area contributed by atoms with Gasteiger partial charge in [0.1, 0.15) is 0 Å². The lowest BCUT2D eigenvalue weighted by atomic mass is 9.69. The fraction of sp³-hybridized carbons (Fsp3) is 0.591. The molecule has 0 aliphatic heterocycles. The molecule has 0 unspecified atom stereocenters. The summed E-state index contributed by atoms with van der Waals surface area (Å²) < 4.78 is 51.2. The third-order valence-corrected chi connectivity index (χ3v) is 6.33. The number of carbonyl (C=O) groups excluding carboxylic acids is 1. The van der Waals surface area contributed by atoms with Crippen LogP contribution in [-0.2, 0) is 14.3 Å². The summed E-state index contributed by atoms with van der Waals surface area (Å²) in [6.45, 7) is 3.30. The average molecular weight is 396 g/mol. The molecule has 3 rings (SSSR count). The third kappa shape index (κ3) is 4.96. The molecule has 0 spiro atoms. The van der Waals surface area contributed by atoms with Crippen LogP contribution < -0.4 is 0 Å². The van der Waals surface area contributed by atoms with E-state index in [1.165, 1.54) is 6.07 Å². The number of hydrogen-bond donors (Lipinski definition) is 0. The molecule has 2 saturated carbocycles. The quantitative estimate of drug-likeness (QED) is 0.270. The Morgan fingerprint density at radius 3 is 2.18 bits per heavy atom. The molecular weight excluding hydrogens is 369 g/mol. The minimum atomic E-state index is -1.36. The van der Waals surface area contributed by atoms with Gasteiger partial charge in [-0.3, -0.25) is 0 Å². The largest absolute Gasteiger partial charge is 0.435 e. The van der Waals surface area contributed by atoms with Crippen molar-refractivity contribution in [2.24, 2.45) is 11.8 Å². The summed E-state index contributed by atoms with van der Waals surface area (Å²) in [5.41, 5.74) is 0.309. The van der Waals surface area contributed by atoms with Crippen molar-refractivity contribution in [2.45, 2.75) is 63.4 Å². The lowest BCUT2D eigenvalue weighted by molar-refractivity contribution is -0.157. The second-order valence-electron chi connectivity index (χ2n) is 7.87. The molecule has 28 heavy (non-hydrogen) atoms. The van der Waals surface area contributed by atoms with Gasteiger partial charge in [0.25, 0.3) is 0 Å². The summed E-state index contributed by atoms with van der Waals surface area (Å²) in [4.78, 5) is 11.0. The van der Waals surface area contributed by atoms with E-state index in [9.17, 15) is 18.0 Å². The van der Waals surface area contributed by atoms with Gasteiger partial charge in [0, 0.05) is 6.08 Å². The molecule has 3 nitrogen and oxygen atoms in total. The first-order valence-corrected chi connectivity index (χ1v) is 10.0. The zero-order valence-corrected chi connectivity index (χ0v) is 16.0. The second-order valence-corrected chi connectivity index (χ2v) is 7.87. The molecule has 0 aromatic heterocycles. The first-order valence-electron chi connectivity index (χ1n) is 10.0. The van der Waals surface area contributed by atoms with E-state index in [1.54, 1.807) is 0 Å². The normalized spacial score (nSPS) is 28.0. The lowest BCUT2D eigenvalue weighted by Gasteiger charge is -2.37. The minimum absolute atomic E-state index is 0.0365. The molecule has 2 fully saturated rings. The van der Waals surface area contributed by atoms with Crippen molar-refractivity contribution in [1.82, 2.24) is 0 Å². The predicted molar refractivity (Wildman–Crippen MR) is 99.0 cm³/mol. The fourth-order valence-electron chi connectivity index (χ4n) is 4.73. The molecule has 0 radical (unpaired) electrons. The Labute approximate surface area is 163 Å².